The van der Waals surface area contributed by atoms with E-state index in [4.69, 9.17) is 6.13 Å². The van der Waals surface area contributed by atoms with Gasteiger partial charge < -0.3 is 11.0 Å². The molecule has 0 saturated heterocycles. The van der Waals surface area contributed by atoms with Crippen molar-refractivity contribution in [3.63, 3.8) is 0 Å². The second kappa shape index (κ2) is 7.87. The Balaban J connectivity index is 2.05. The molecule has 0 bridgehead atoms. The summed E-state index contributed by atoms with van der Waals surface area (Å²) < 4.78 is 10.4. The minimum Gasteiger partial charge on any atom is -0.428 e. The number of benzene rings is 3. The van der Waals surface area contributed by atoms with E-state index in [0.29, 0.717) is 0 Å². The molecule has 0 heterocycles. The largest absolute Gasteiger partial charge is 0.428 e. The van der Waals surface area contributed by atoms with E-state index in [1.54, 1.807) is 0 Å². The predicted molar refractivity (Wildman–Crippen MR) is 110 cm³/mol. The van der Waals surface area contributed by atoms with Gasteiger partial charge in [-0.1, -0.05) is 18.2 Å². The molecule has 0 saturated carbocycles. The van der Waals surface area contributed by atoms with Gasteiger partial charge in [0.05, 0.1) is 0 Å². The lowest BCUT2D eigenvalue weighted by molar-refractivity contribution is 0.717. The fraction of sp³-hybridized carbons (Fsp3) is 0. The molecule has 0 aliphatic rings. The molecule has 23 heavy (non-hydrogen) atoms. The molecule has 0 radical (unpaired) electrons. The summed E-state index contributed by atoms with van der Waals surface area (Å²) in [6.45, 7) is 0. The van der Waals surface area contributed by atoms with E-state index < -0.39 is 0 Å². The van der Waals surface area contributed by atoms with Gasteiger partial charge >= 0.3 is 0 Å². The number of halogens is 2. The van der Waals surface area contributed by atoms with Crippen molar-refractivity contribution < 1.29 is 6.13 Å². The van der Waals surface area contributed by atoms with Crippen LogP contribution in [0.3, 0.4) is 0 Å². The Morgan fingerprint density at radius 1 is 0.522 bits per heavy atom. The van der Waals surface area contributed by atoms with Crippen molar-refractivity contribution in [2.24, 2.45) is 0 Å². The van der Waals surface area contributed by atoms with E-state index in [0.717, 1.165) is 28.6 Å². The lowest BCUT2D eigenvalue weighted by atomic mass is 10.2. The molecule has 0 spiro atoms. The van der Waals surface area contributed by atoms with E-state index in [1.807, 2.05) is 113 Å². The van der Waals surface area contributed by atoms with Gasteiger partial charge in [-0.15, -0.1) is 0 Å². The molecule has 3 rings (SSSR count). The van der Waals surface area contributed by atoms with Crippen LogP contribution in [-0.4, -0.2) is 0 Å². The van der Waals surface area contributed by atoms with Crippen LogP contribution in [0.25, 0.3) is 0 Å². The standard InChI is InChI=1S/C18H13I2NO2/c19-22-17-10-6-15(7-11-17)21(14-4-2-1-3-5-14)16-8-12-18(23-20)13-9-16/h1-13H. The van der Waals surface area contributed by atoms with E-state index in [-0.39, 0.29) is 0 Å². The zero-order valence-corrected chi connectivity index (χ0v) is 16.3. The number of hydrogen-bond donors (Lipinski definition) is 0. The van der Waals surface area contributed by atoms with Crippen LogP contribution in [0, 0.1) is 0 Å². The number of para-hydroxylation sites is 1. The average molecular weight is 529 g/mol. The third kappa shape index (κ3) is 3.89. The normalized spacial score (nSPS) is 10.2. The fourth-order valence-electron chi connectivity index (χ4n) is 2.32. The van der Waals surface area contributed by atoms with E-state index in [1.165, 1.54) is 0 Å². The van der Waals surface area contributed by atoms with Crippen molar-refractivity contribution in [3.05, 3.63) is 78.9 Å². The first-order valence-corrected chi connectivity index (χ1v) is 8.70. The lowest BCUT2D eigenvalue weighted by Crippen LogP contribution is -2.09. The molecule has 0 aromatic heterocycles. The van der Waals surface area contributed by atoms with Crippen LogP contribution >= 0.6 is 46.0 Å². The maximum atomic E-state index is 5.22. The Morgan fingerprint density at radius 2 is 0.913 bits per heavy atom. The molecule has 0 fully saturated rings. The molecular formula is C18H13I2NO2. The zero-order valence-electron chi connectivity index (χ0n) is 12.0. The molecule has 0 amide bonds. The van der Waals surface area contributed by atoms with E-state index in [2.05, 4.69) is 17.0 Å². The molecule has 116 valence electrons. The summed E-state index contributed by atoms with van der Waals surface area (Å²) in [5.41, 5.74) is 3.23. The van der Waals surface area contributed by atoms with Gasteiger partial charge in [0.2, 0.25) is 0 Å². The predicted octanol–water partition coefficient (Wildman–Crippen LogP) is 6.61. The molecule has 0 aliphatic heterocycles. The Kier molecular flexibility index (Phi) is 5.60. The third-order valence-corrected chi connectivity index (χ3v) is 4.40. The summed E-state index contributed by atoms with van der Waals surface area (Å²) >= 11 is 3.77. The second-order valence-corrected chi connectivity index (χ2v) is 5.69. The maximum Gasteiger partial charge on any atom is 0.192 e. The number of rotatable bonds is 5. The Bertz CT molecular complexity index is 699. The highest BCUT2D eigenvalue weighted by atomic mass is 127. The molecule has 0 unspecified atom stereocenters. The van der Waals surface area contributed by atoms with Crippen molar-refractivity contribution >= 4 is 63.1 Å². The topological polar surface area (TPSA) is 21.7 Å². The Hall–Kier alpha value is -1.48. The van der Waals surface area contributed by atoms with E-state index in [9.17, 15) is 0 Å². The molecule has 3 nitrogen and oxygen atoms in total. The van der Waals surface area contributed by atoms with Crippen LogP contribution in [0.5, 0.6) is 11.5 Å². The molecule has 0 aliphatic carbocycles. The first kappa shape index (κ1) is 16.4. The van der Waals surface area contributed by atoms with Crippen LogP contribution in [0.1, 0.15) is 0 Å². The first-order chi connectivity index (χ1) is 11.3. The van der Waals surface area contributed by atoms with Gasteiger partial charge in [-0.05, 0) is 60.7 Å². The number of anilines is 3. The van der Waals surface area contributed by atoms with Crippen molar-refractivity contribution in [1.82, 2.24) is 0 Å². The van der Waals surface area contributed by atoms with Gasteiger partial charge in [-0.25, -0.2) is 0 Å². The lowest BCUT2D eigenvalue weighted by Gasteiger charge is -2.25. The maximum absolute atomic E-state index is 5.22. The van der Waals surface area contributed by atoms with Crippen LogP contribution < -0.4 is 11.0 Å². The number of hydrogen-bond acceptors (Lipinski definition) is 3. The monoisotopic (exact) mass is 529 g/mol. The van der Waals surface area contributed by atoms with Crippen molar-refractivity contribution in [2.45, 2.75) is 0 Å². The molecule has 3 aromatic rings. The van der Waals surface area contributed by atoms with Crippen LogP contribution in [-0.2, 0) is 0 Å². The molecule has 3 aromatic carbocycles. The summed E-state index contributed by atoms with van der Waals surface area (Å²) in [4.78, 5) is 2.19. The highest BCUT2D eigenvalue weighted by molar-refractivity contribution is 14.1. The molecule has 0 N–H and O–H groups in total. The smallest absolute Gasteiger partial charge is 0.192 e. The molecule has 0 atom stereocenters. The van der Waals surface area contributed by atoms with Gasteiger partial charge in [0.15, 0.2) is 46.0 Å². The molecular weight excluding hydrogens is 516 g/mol. The zero-order chi connectivity index (χ0) is 16.1. The van der Waals surface area contributed by atoms with Gasteiger partial charge in [0.25, 0.3) is 0 Å². The summed E-state index contributed by atoms with van der Waals surface area (Å²) in [6, 6.07) is 26.3. The fourth-order valence-corrected chi connectivity index (χ4v) is 2.90. The summed E-state index contributed by atoms with van der Waals surface area (Å²) in [6.07, 6.45) is 0. The van der Waals surface area contributed by atoms with Crippen molar-refractivity contribution in [1.29, 1.82) is 0 Å². The highest BCUT2D eigenvalue weighted by Gasteiger charge is 2.12. The summed E-state index contributed by atoms with van der Waals surface area (Å²) in [7, 11) is 0. The average Bonchev–Trinajstić information content (AvgIpc) is 2.64. The van der Waals surface area contributed by atoms with Crippen LogP contribution in [0.4, 0.5) is 17.1 Å². The van der Waals surface area contributed by atoms with Gasteiger partial charge in [0.1, 0.15) is 11.5 Å². The van der Waals surface area contributed by atoms with Gasteiger partial charge in [-0.3, -0.25) is 0 Å². The summed E-state index contributed by atoms with van der Waals surface area (Å²) in [5.74, 6) is 1.66. The second-order valence-electron chi connectivity index (χ2n) is 4.81. The SMILES string of the molecule is IOc1ccc(N(c2ccccc2)c2ccc(OI)cc2)cc1. The van der Waals surface area contributed by atoms with Gasteiger partial charge in [0, 0.05) is 17.1 Å². The minimum absolute atomic E-state index is 0.830. The van der Waals surface area contributed by atoms with Gasteiger partial charge in [-0.2, -0.15) is 0 Å². The van der Waals surface area contributed by atoms with Crippen LogP contribution in [0.2, 0.25) is 0 Å². The third-order valence-electron chi connectivity index (χ3n) is 3.38. The quantitative estimate of drug-likeness (QED) is 0.348. The van der Waals surface area contributed by atoms with Crippen LogP contribution in [0.15, 0.2) is 78.9 Å². The molecule has 5 heteroatoms. The first-order valence-electron chi connectivity index (χ1n) is 6.94. The van der Waals surface area contributed by atoms with Crippen molar-refractivity contribution in [2.75, 3.05) is 4.90 Å². The Morgan fingerprint density at radius 3 is 1.30 bits per heavy atom. The van der Waals surface area contributed by atoms with Crippen molar-refractivity contribution in [3.8, 4) is 11.5 Å². The van der Waals surface area contributed by atoms with E-state index >= 15 is 0 Å². The Labute approximate surface area is 163 Å². The summed E-state index contributed by atoms with van der Waals surface area (Å²) in [5, 5.41) is 0. The minimum atomic E-state index is 0.830. The number of nitrogens with zero attached hydrogens (tertiary/aromatic N) is 1. The highest BCUT2D eigenvalue weighted by Crippen LogP contribution is 2.36.